The van der Waals surface area contributed by atoms with Gasteiger partial charge in [0.05, 0.1) is 31.2 Å². The van der Waals surface area contributed by atoms with Crippen LogP contribution in [-0.2, 0) is 16.1 Å². The quantitative estimate of drug-likeness (QED) is 0.135. The van der Waals surface area contributed by atoms with Gasteiger partial charge < -0.3 is 4.90 Å². The van der Waals surface area contributed by atoms with E-state index in [1.54, 1.807) is 15.8 Å². The number of fused-ring (bicyclic) bond motifs is 1. The normalized spacial score (nSPS) is 18.4. The minimum absolute atomic E-state index is 0.00158. The van der Waals surface area contributed by atoms with E-state index in [4.69, 9.17) is 11.6 Å². The Labute approximate surface area is 227 Å². The summed E-state index contributed by atoms with van der Waals surface area (Å²) in [6.07, 6.45) is 9.42. The lowest BCUT2D eigenvalue weighted by Crippen LogP contribution is -2.41. The maximum Gasteiger partial charge on any atom is 0.243 e. The fourth-order valence-corrected chi connectivity index (χ4v) is 5.61. The monoisotopic (exact) mass is 561 g/mol. The summed E-state index contributed by atoms with van der Waals surface area (Å²) in [5, 5.41) is 18.2. The van der Waals surface area contributed by atoms with Crippen molar-refractivity contribution in [2.24, 2.45) is 11.8 Å². The van der Waals surface area contributed by atoms with E-state index in [-0.39, 0.29) is 35.9 Å². The molecule has 16 heteroatoms. The fourth-order valence-electron chi connectivity index (χ4n) is 5.44. The number of hydrazine groups is 1. The highest BCUT2D eigenvalue weighted by Gasteiger charge is 2.32. The number of carbonyl (C=O) groups excluding carboxylic acids is 2. The molecular formula is C23H29ClFN11O3. The molecule has 1 saturated heterocycles. The van der Waals surface area contributed by atoms with E-state index >= 15 is 4.39 Å². The number of halogens is 2. The van der Waals surface area contributed by atoms with Crippen LogP contribution in [0.2, 0.25) is 5.28 Å². The average molecular weight is 562 g/mol. The molecule has 3 aromatic rings. The van der Waals surface area contributed by atoms with Crippen molar-refractivity contribution in [1.29, 1.82) is 0 Å². The lowest BCUT2D eigenvalue weighted by atomic mass is 9.92. The first kappa shape index (κ1) is 26.9. The summed E-state index contributed by atoms with van der Waals surface area (Å²) in [6, 6.07) is -0.164. The molecule has 5 rings (SSSR count). The molecule has 3 aromatic heterocycles. The second-order valence-electron chi connectivity index (χ2n) is 9.90. The number of nitrogens with one attached hydrogen (secondary N) is 2. The van der Waals surface area contributed by atoms with E-state index in [0.717, 1.165) is 38.5 Å². The number of amides is 2. The van der Waals surface area contributed by atoms with Crippen LogP contribution in [0.5, 0.6) is 0 Å². The van der Waals surface area contributed by atoms with Crippen LogP contribution in [-0.4, -0.2) is 76.6 Å². The molecule has 2 atom stereocenters. The highest BCUT2D eigenvalue weighted by molar-refractivity contribution is 6.28. The van der Waals surface area contributed by atoms with E-state index in [0.29, 0.717) is 41.7 Å². The Kier molecular flexibility index (Phi) is 8.26. The van der Waals surface area contributed by atoms with Gasteiger partial charge in [-0.2, -0.15) is 14.4 Å². The lowest BCUT2D eigenvalue weighted by Gasteiger charge is -2.26. The van der Waals surface area contributed by atoms with Crippen molar-refractivity contribution in [3.05, 3.63) is 23.6 Å². The van der Waals surface area contributed by atoms with Crippen LogP contribution in [0.25, 0.3) is 11.2 Å². The fraction of sp³-hybridized carbons (Fsp3) is 0.565. The van der Waals surface area contributed by atoms with E-state index in [1.165, 1.54) is 6.33 Å². The topological polar surface area (TPSA) is 167 Å². The molecule has 14 nitrogen and oxygen atoms in total. The molecule has 39 heavy (non-hydrogen) atoms. The first-order valence-electron chi connectivity index (χ1n) is 12.9. The van der Waals surface area contributed by atoms with Gasteiger partial charge in [0.2, 0.25) is 23.4 Å². The summed E-state index contributed by atoms with van der Waals surface area (Å²) in [6.45, 7) is 0.748. The van der Waals surface area contributed by atoms with Crippen LogP contribution in [0.3, 0.4) is 0 Å². The van der Waals surface area contributed by atoms with Gasteiger partial charge in [0.1, 0.15) is 6.33 Å². The molecule has 1 saturated carbocycles. The van der Waals surface area contributed by atoms with E-state index < -0.39 is 17.6 Å². The molecule has 0 unspecified atom stereocenters. The van der Waals surface area contributed by atoms with Crippen LogP contribution in [0.15, 0.2) is 12.5 Å². The Morgan fingerprint density at radius 1 is 1.28 bits per heavy atom. The number of anilines is 2. The smallest absolute Gasteiger partial charge is 0.243 e. The minimum atomic E-state index is -0.776. The van der Waals surface area contributed by atoms with Crippen molar-refractivity contribution in [1.82, 2.24) is 45.4 Å². The standard InChI is InChI=1S/C23H29ClFN11O3/c24-23-28-19(31-32-22(38)15(10-34(39)13-37)8-14-4-1-2-5-14)18(25)21(29-23)35-7-3-6-16(35)11-36-20-17(30-33-36)9-26-12-27-20/h9,12-16,39H,1-8,10-11H2,(H,32,38)(H,28,29,31)/t15-,16+/m1/s1. The molecule has 4 heterocycles. The third kappa shape index (κ3) is 6.14. The summed E-state index contributed by atoms with van der Waals surface area (Å²) in [4.78, 5) is 42.0. The molecule has 208 valence electrons. The number of hydrogen-bond donors (Lipinski definition) is 3. The molecule has 2 amide bonds. The summed E-state index contributed by atoms with van der Waals surface area (Å²) in [7, 11) is 0. The maximum absolute atomic E-state index is 15.7. The Balaban J connectivity index is 1.30. The molecule has 3 N–H and O–H groups in total. The lowest BCUT2D eigenvalue weighted by molar-refractivity contribution is -0.154. The van der Waals surface area contributed by atoms with Crippen molar-refractivity contribution >= 4 is 46.7 Å². The predicted molar refractivity (Wildman–Crippen MR) is 137 cm³/mol. The zero-order valence-corrected chi connectivity index (χ0v) is 21.8. The van der Waals surface area contributed by atoms with Crippen LogP contribution < -0.4 is 15.8 Å². The molecule has 2 aliphatic rings. The van der Waals surface area contributed by atoms with Gasteiger partial charge in [-0.25, -0.2) is 19.7 Å². The van der Waals surface area contributed by atoms with Gasteiger partial charge in [0.15, 0.2) is 22.8 Å². The zero-order chi connectivity index (χ0) is 27.4. The van der Waals surface area contributed by atoms with Gasteiger partial charge in [-0.1, -0.05) is 30.9 Å². The van der Waals surface area contributed by atoms with Gasteiger partial charge in [-0.05, 0) is 36.8 Å². The Bertz CT molecular complexity index is 1320. The Morgan fingerprint density at radius 2 is 2.10 bits per heavy atom. The number of nitrogens with zero attached hydrogens (tertiary/aromatic N) is 9. The number of aromatic nitrogens is 7. The summed E-state index contributed by atoms with van der Waals surface area (Å²) >= 11 is 6.16. The number of rotatable bonds is 11. The third-order valence-corrected chi connectivity index (χ3v) is 7.48. The second-order valence-corrected chi connectivity index (χ2v) is 10.2. The highest BCUT2D eigenvalue weighted by atomic mass is 35.5. The first-order chi connectivity index (χ1) is 18.9. The molecule has 0 bridgehead atoms. The summed E-state index contributed by atoms with van der Waals surface area (Å²) in [5.41, 5.74) is 6.13. The van der Waals surface area contributed by atoms with Crippen LogP contribution in [0.1, 0.15) is 44.9 Å². The number of hydrogen-bond acceptors (Lipinski definition) is 11. The molecule has 0 radical (unpaired) electrons. The first-order valence-corrected chi connectivity index (χ1v) is 13.3. The molecule has 1 aliphatic heterocycles. The third-order valence-electron chi connectivity index (χ3n) is 7.31. The number of hydroxylamine groups is 2. The van der Waals surface area contributed by atoms with Crippen LogP contribution >= 0.6 is 11.6 Å². The van der Waals surface area contributed by atoms with E-state index in [2.05, 4.69) is 41.1 Å². The summed E-state index contributed by atoms with van der Waals surface area (Å²) < 4.78 is 17.3. The zero-order valence-electron chi connectivity index (χ0n) is 21.1. The molecule has 0 spiro atoms. The van der Waals surface area contributed by atoms with Crippen LogP contribution in [0, 0.1) is 17.7 Å². The Morgan fingerprint density at radius 3 is 2.90 bits per heavy atom. The van der Waals surface area contributed by atoms with E-state index in [9.17, 15) is 14.8 Å². The largest absolute Gasteiger partial charge is 0.349 e. The Hall–Kier alpha value is -3.72. The van der Waals surface area contributed by atoms with Gasteiger partial charge in [-0.15, -0.1) is 5.10 Å². The number of carbonyl (C=O) groups is 2. The summed E-state index contributed by atoms with van der Waals surface area (Å²) in [5.74, 6) is -1.95. The second kappa shape index (κ2) is 12.0. The predicted octanol–water partition coefficient (Wildman–Crippen LogP) is 1.96. The van der Waals surface area contributed by atoms with Gasteiger partial charge in [-0.3, -0.25) is 25.6 Å². The maximum atomic E-state index is 15.7. The van der Waals surface area contributed by atoms with Crippen molar-refractivity contribution in [3.63, 3.8) is 0 Å². The molecule has 2 fully saturated rings. The molecule has 0 aromatic carbocycles. The SMILES string of the molecule is O=CN(O)C[C@@H](CC1CCCC1)C(=O)NNc1nc(Cl)nc(N2CCC[C@H]2Cn2nnc3cncnc32)c1F. The average Bonchev–Trinajstić information content (AvgIpc) is 3.71. The van der Waals surface area contributed by atoms with Crippen molar-refractivity contribution < 1.29 is 19.2 Å². The van der Waals surface area contributed by atoms with Crippen molar-refractivity contribution in [3.8, 4) is 0 Å². The highest BCUT2D eigenvalue weighted by Crippen LogP contribution is 2.32. The molecule has 1 aliphatic carbocycles. The van der Waals surface area contributed by atoms with Crippen molar-refractivity contribution in [2.45, 2.75) is 57.5 Å². The van der Waals surface area contributed by atoms with E-state index in [1.807, 2.05) is 0 Å². The molecular weight excluding hydrogens is 533 g/mol. The van der Waals surface area contributed by atoms with Crippen molar-refractivity contribution in [2.75, 3.05) is 23.4 Å². The van der Waals surface area contributed by atoms with Gasteiger partial charge in [0, 0.05) is 6.54 Å². The van der Waals surface area contributed by atoms with Gasteiger partial charge in [0.25, 0.3) is 0 Å². The minimum Gasteiger partial charge on any atom is -0.349 e. The van der Waals surface area contributed by atoms with Crippen LogP contribution in [0.4, 0.5) is 16.0 Å². The van der Waals surface area contributed by atoms with Gasteiger partial charge >= 0.3 is 0 Å².